The van der Waals surface area contributed by atoms with E-state index >= 15 is 0 Å². The predicted molar refractivity (Wildman–Crippen MR) is 86.4 cm³/mol. The molecule has 0 aliphatic rings. The molecule has 0 saturated heterocycles. The van der Waals surface area contributed by atoms with E-state index in [1.165, 1.54) is 9.79 Å². The predicted octanol–water partition coefficient (Wildman–Crippen LogP) is 4.92. The van der Waals surface area contributed by atoms with Crippen LogP contribution < -0.4 is 5.73 Å². The van der Waals surface area contributed by atoms with Crippen molar-refractivity contribution in [2.45, 2.75) is 9.79 Å². The molecule has 0 aliphatic carbocycles. The number of nitrogen functional groups attached to an aromatic ring is 1. The molecule has 0 saturated carbocycles. The van der Waals surface area contributed by atoms with E-state index in [1.54, 1.807) is 0 Å². The Bertz CT molecular complexity index is 502. The van der Waals surface area contributed by atoms with Crippen molar-refractivity contribution >= 4 is 45.1 Å². The first-order valence-corrected chi connectivity index (χ1v) is 8.38. The van der Waals surface area contributed by atoms with Crippen LogP contribution in [-0.4, -0.2) is 11.5 Å². The van der Waals surface area contributed by atoms with Crippen molar-refractivity contribution in [3.63, 3.8) is 0 Å². The molecule has 2 aromatic rings. The number of benzene rings is 2. The minimum Gasteiger partial charge on any atom is -0.399 e. The lowest BCUT2D eigenvalue weighted by Crippen LogP contribution is -1.87. The lowest BCUT2D eigenvalue weighted by molar-refractivity contribution is 1.38. The molecule has 2 N–H and O–H groups in total. The molecular formula is C14H14BrNS2. The fourth-order valence-electron chi connectivity index (χ4n) is 1.46. The standard InChI is InChI=1S/C14H14BrNS2/c15-13-10-11(16)6-7-14(13)18-9-8-17-12-4-2-1-3-5-12/h1-7,10H,8-9,16H2. The van der Waals surface area contributed by atoms with E-state index in [-0.39, 0.29) is 0 Å². The second-order valence-electron chi connectivity index (χ2n) is 3.70. The van der Waals surface area contributed by atoms with Gasteiger partial charge in [0.05, 0.1) is 0 Å². The lowest BCUT2D eigenvalue weighted by atomic mass is 10.3. The van der Waals surface area contributed by atoms with Crippen molar-refractivity contribution in [1.82, 2.24) is 0 Å². The van der Waals surface area contributed by atoms with Crippen LogP contribution in [0.25, 0.3) is 0 Å². The van der Waals surface area contributed by atoms with Crippen molar-refractivity contribution < 1.29 is 0 Å². The lowest BCUT2D eigenvalue weighted by Gasteiger charge is -2.05. The molecule has 0 atom stereocenters. The first-order chi connectivity index (χ1) is 8.75. The average Bonchev–Trinajstić information content (AvgIpc) is 2.38. The van der Waals surface area contributed by atoms with E-state index in [9.17, 15) is 0 Å². The zero-order chi connectivity index (χ0) is 12.8. The van der Waals surface area contributed by atoms with E-state index < -0.39 is 0 Å². The fourth-order valence-corrected chi connectivity index (χ4v) is 4.03. The Hall–Kier alpha value is -0.580. The molecule has 2 aromatic carbocycles. The van der Waals surface area contributed by atoms with Crippen molar-refractivity contribution in [3.05, 3.63) is 53.0 Å². The van der Waals surface area contributed by atoms with Gasteiger partial charge in [-0.2, -0.15) is 0 Å². The number of rotatable bonds is 5. The Labute approximate surface area is 125 Å². The van der Waals surface area contributed by atoms with E-state index in [1.807, 2.05) is 41.7 Å². The highest BCUT2D eigenvalue weighted by Crippen LogP contribution is 2.30. The minimum absolute atomic E-state index is 0.796. The summed E-state index contributed by atoms with van der Waals surface area (Å²) in [5.41, 5.74) is 6.51. The van der Waals surface area contributed by atoms with Gasteiger partial charge in [-0.25, -0.2) is 0 Å². The van der Waals surface area contributed by atoms with Crippen LogP contribution in [0, 0.1) is 0 Å². The third-order valence-corrected chi connectivity index (χ3v) is 5.57. The molecule has 0 radical (unpaired) electrons. The van der Waals surface area contributed by atoms with Gasteiger partial charge in [-0.1, -0.05) is 18.2 Å². The first kappa shape index (κ1) is 13.8. The Morgan fingerprint density at radius 3 is 2.39 bits per heavy atom. The van der Waals surface area contributed by atoms with Gasteiger partial charge in [-0.15, -0.1) is 23.5 Å². The van der Waals surface area contributed by atoms with Crippen LogP contribution in [0.5, 0.6) is 0 Å². The Balaban J connectivity index is 1.79. The number of anilines is 1. The quantitative estimate of drug-likeness (QED) is 0.475. The first-order valence-electron chi connectivity index (χ1n) is 5.61. The molecule has 0 spiro atoms. The number of nitrogens with two attached hydrogens (primary N) is 1. The summed E-state index contributed by atoms with van der Waals surface area (Å²) in [5.74, 6) is 2.19. The Morgan fingerprint density at radius 1 is 0.944 bits per heavy atom. The number of thioether (sulfide) groups is 2. The SMILES string of the molecule is Nc1ccc(SCCSc2ccccc2)c(Br)c1. The van der Waals surface area contributed by atoms with Gasteiger partial charge < -0.3 is 5.73 Å². The third-order valence-electron chi connectivity index (χ3n) is 2.31. The zero-order valence-electron chi connectivity index (χ0n) is 9.80. The maximum Gasteiger partial charge on any atom is 0.0331 e. The minimum atomic E-state index is 0.796. The van der Waals surface area contributed by atoms with E-state index in [2.05, 4.69) is 46.3 Å². The van der Waals surface area contributed by atoms with Crippen LogP contribution in [0.15, 0.2) is 62.8 Å². The summed E-state index contributed by atoms with van der Waals surface area (Å²) in [7, 11) is 0. The summed E-state index contributed by atoms with van der Waals surface area (Å²) in [4.78, 5) is 2.58. The zero-order valence-corrected chi connectivity index (χ0v) is 13.0. The normalized spacial score (nSPS) is 10.5. The van der Waals surface area contributed by atoms with E-state index in [0.717, 1.165) is 21.7 Å². The molecule has 0 bridgehead atoms. The largest absolute Gasteiger partial charge is 0.399 e. The van der Waals surface area contributed by atoms with Crippen molar-refractivity contribution in [1.29, 1.82) is 0 Å². The molecule has 2 rings (SSSR count). The third kappa shape index (κ3) is 4.26. The van der Waals surface area contributed by atoms with Crippen LogP contribution >= 0.6 is 39.5 Å². The average molecular weight is 340 g/mol. The van der Waals surface area contributed by atoms with Gasteiger partial charge in [0.1, 0.15) is 0 Å². The van der Waals surface area contributed by atoms with E-state index in [4.69, 9.17) is 5.73 Å². The van der Waals surface area contributed by atoms with Crippen LogP contribution in [0.2, 0.25) is 0 Å². The van der Waals surface area contributed by atoms with Gasteiger partial charge in [0.2, 0.25) is 0 Å². The summed E-state index contributed by atoms with van der Waals surface area (Å²) >= 11 is 7.28. The molecule has 1 nitrogen and oxygen atoms in total. The number of hydrogen-bond donors (Lipinski definition) is 1. The molecule has 94 valence electrons. The van der Waals surface area contributed by atoms with Crippen molar-refractivity contribution in [2.24, 2.45) is 0 Å². The highest BCUT2D eigenvalue weighted by atomic mass is 79.9. The molecule has 0 heterocycles. The maximum absolute atomic E-state index is 5.71. The smallest absolute Gasteiger partial charge is 0.0331 e. The van der Waals surface area contributed by atoms with Crippen molar-refractivity contribution in [2.75, 3.05) is 17.2 Å². The highest BCUT2D eigenvalue weighted by molar-refractivity contribution is 9.10. The molecule has 0 amide bonds. The van der Waals surface area contributed by atoms with E-state index in [0.29, 0.717) is 0 Å². The fraction of sp³-hybridized carbons (Fsp3) is 0.143. The van der Waals surface area contributed by atoms with Gasteiger partial charge in [0, 0.05) is 31.5 Å². The molecule has 0 unspecified atom stereocenters. The second kappa shape index (κ2) is 7.12. The summed E-state index contributed by atoms with van der Waals surface area (Å²) in [6, 6.07) is 16.5. The molecule has 0 aliphatic heterocycles. The molecule has 0 fully saturated rings. The molecule has 0 aromatic heterocycles. The highest BCUT2D eigenvalue weighted by Gasteiger charge is 2.01. The van der Waals surface area contributed by atoms with Crippen molar-refractivity contribution in [3.8, 4) is 0 Å². The number of halogens is 1. The summed E-state index contributed by atoms with van der Waals surface area (Å²) in [6.07, 6.45) is 0. The molecule has 18 heavy (non-hydrogen) atoms. The van der Waals surface area contributed by atoms with Gasteiger partial charge in [-0.3, -0.25) is 0 Å². The number of hydrogen-bond acceptors (Lipinski definition) is 3. The van der Waals surface area contributed by atoms with Crippen LogP contribution in [0.3, 0.4) is 0 Å². The van der Waals surface area contributed by atoms with Crippen LogP contribution in [0.4, 0.5) is 5.69 Å². The topological polar surface area (TPSA) is 26.0 Å². The molecule has 4 heteroatoms. The Kier molecular flexibility index (Phi) is 5.47. The molecular weight excluding hydrogens is 326 g/mol. The Morgan fingerprint density at radius 2 is 1.67 bits per heavy atom. The van der Waals surface area contributed by atoms with Crippen LogP contribution in [0.1, 0.15) is 0 Å². The van der Waals surface area contributed by atoms with Crippen LogP contribution in [-0.2, 0) is 0 Å². The summed E-state index contributed by atoms with van der Waals surface area (Å²) in [6.45, 7) is 0. The second-order valence-corrected chi connectivity index (χ2v) is 6.86. The maximum atomic E-state index is 5.71. The summed E-state index contributed by atoms with van der Waals surface area (Å²) in [5, 5.41) is 0. The van der Waals surface area contributed by atoms with Gasteiger partial charge in [0.15, 0.2) is 0 Å². The van der Waals surface area contributed by atoms with Gasteiger partial charge in [-0.05, 0) is 46.3 Å². The van der Waals surface area contributed by atoms with Gasteiger partial charge in [0.25, 0.3) is 0 Å². The monoisotopic (exact) mass is 339 g/mol. The summed E-state index contributed by atoms with van der Waals surface area (Å²) < 4.78 is 1.08. The van der Waals surface area contributed by atoms with Gasteiger partial charge >= 0.3 is 0 Å².